The molecular weight excluding hydrogens is 366 g/mol. The minimum atomic E-state index is -0.248. The van der Waals surface area contributed by atoms with E-state index in [-0.39, 0.29) is 5.91 Å². The van der Waals surface area contributed by atoms with Crippen molar-refractivity contribution in [3.8, 4) is 5.69 Å². The Balaban J connectivity index is 1.77. The molecule has 0 aliphatic carbocycles. The first kappa shape index (κ1) is 16.2. The molecule has 0 saturated heterocycles. The number of carbonyl (C=O) groups excluding carboxylic acids is 1. The second-order valence-corrected chi connectivity index (χ2v) is 6.20. The number of carbonyl (C=O) groups is 1. The maximum Gasteiger partial charge on any atom is 0.271 e. The maximum absolute atomic E-state index is 12.1. The zero-order valence-electron chi connectivity index (χ0n) is 13.1. The molecule has 3 aromatic rings. The van der Waals surface area contributed by atoms with Gasteiger partial charge in [0.15, 0.2) is 0 Å². The van der Waals surface area contributed by atoms with Crippen molar-refractivity contribution in [1.82, 2.24) is 9.99 Å². The van der Waals surface area contributed by atoms with Crippen LogP contribution in [0.1, 0.15) is 21.7 Å². The van der Waals surface area contributed by atoms with Crippen LogP contribution in [0.15, 0.2) is 76.3 Å². The summed E-state index contributed by atoms with van der Waals surface area (Å²) in [7, 11) is 0. The van der Waals surface area contributed by atoms with Crippen LogP contribution >= 0.6 is 15.9 Å². The molecule has 1 N–H and O–H groups in total. The number of benzene rings is 2. The first-order valence-electron chi connectivity index (χ1n) is 7.48. The Labute approximate surface area is 149 Å². The third-order valence-electron chi connectivity index (χ3n) is 3.57. The highest BCUT2D eigenvalue weighted by molar-refractivity contribution is 9.10. The Morgan fingerprint density at radius 1 is 1.08 bits per heavy atom. The molecule has 0 atom stereocenters. The van der Waals surface area contributed by atoms with E-state index in [1.807, 2.05) is 61.5 Å². The lowest BCUT2D eigenvalue weighted by Gasteiger charge is -2.08. The summed E-state index contributed by atoms with van der Waals surface area (Å²) in [5.74, 6) is -0.248. The van der Waals surface area contributed by atoms with Gasteiger partial charge in [0.2, 0.25) is 0 Å². The minimum Gasteiger partial charge on any atom is -0.313 e. The Kier molecular flexibility index (Phi) is 4.91. The van der Waals surface area contributed by atoms with E-state index in [0.717, 1.165) is 21.5 Å². The zero-order chi connectivity index (χ0) is 16.9. The van der Waals surface area contributed by atoms with Crippen LogP contribution in [-0.4, -0.2) is 16.7 Å². The zero-order valence-corrected chi connectivity index (χ0v) is 14.7. The summed E-state index contributed by atoms with van der Waals surface area (Å²) >= 11 is 3.35. The van der Waals surface area contributed by atoms with Crippen molar-refractivity contribution in [2.24, 2.45) is 5.10 Å². The Morgan fingerprint density at radius 3 is 2.62 bits per heavy atom. The number of para-hydroxylation sites is 1. The van der Waals surface area contributed by atoms with Crippen molar-refractivity contribution in [3.05, 3.63) is 88.2 Å². The second-order valence-electron chi connectivity index (χ2n) is 5.28. The second kappa shape index (κ2) is 7.27. The van der Waals surface area contributed by atoms with Crippen LogP contribution in [0.2, 0.25) is 0 Å². The van der Waals surface area contributed by atoms with Gasteiger partial charge in [0.1, 0.15) is 0 Å². The number of hydrazone groups is 1. The molecule has 5 heteroatoms. The predicted octanol–water partition coefficient (Wildman–Crippen LogP) is 4.31. The van der Waals surface area contributed by atoms with Gasteiger partial charge in [0, 0.05) is 21.4 Å². The van der Waals surface area contributed by atoms with Crippen molar-refractivity contribution in [3.63, 3.8) is 0 Å². The van der Waals surface area contributed by atoms with E-state index in [1.165, 1.54) is 0 Å². The lowest BCUT2D eigenvalue weighted by molar-refractivity contribution is 0.0955. The van der Waals surface area contributed by atoms with Gasteiger partial charge in [-0.1, -0.05) is 40.2 Å². The molecule has 0 radical (unpaired) electrons. The van der Waals surface area contributed by atoms with E-state index in [9.17, 15) is 4.79 Å². The van der Waals surface area contributed by atoms with Crippen LogP contribution in [0.3, 0.4) is 0 Å². The van der Waals surface area contributed by atoms with Gasteiger partial charge in [-0.15, -0.1) is 0 Å². The van der Waals surface area contributed by atoms with Gasteiger partial charge in [-0.3, -0.25) is 4.79 Å². The van der Waals surface area contributed by atoms with Gasteiger partial charge < -0.3 is 4.57 Å². The highest BCUT2D eigenvalue weighted by atomic mass is 79.9. The van der Waals surface area contributed by atoms with Crippen molar-refractivity contribution < 1.29 is 4.79 Å². The molecule has 1 aromatic heterocycles. The number of hydrogen-bond acceptors (Lipinski definition) is 2. The summed E-state index contributed by atoms with van der Waals surface area (Å²) < 4.78 is 2.93. The fourth-order valence-corrected chi connectivity index (χ4v) is 2.84. The van der Waals surface area contributed by atoms with E-state index >= 15 is 0 Å². The Hall–Kier alpha value is -2.66. The number of amides is 1. The van der Waals surface area contributed by atoms with Crippen LogP contribution < -0.4 is 5.43 Å². The first-order chi connectivity index (χ1) is 11.6. The molecule has 0 bridgehead atoms. The van der Waals surface area contributed by atoms with Crippen LogP contribution in [0.5, 0.6) is 0 Å². The molecule has 1 amide bonds. The highest BCUT2D eigenvalue weighted by Crippen LogP contribution is 2.15. The molecule has 2 aromatic carbocycles. The summed E-state index contributed by atoms with van der Waals surface area (Å²) in [4.78, 5) is 12.1. The summed E-state index contributed by atoms with van der Waals surface area (Å²) in [6.45, 7) is 2.03. The van der Waals surface area contributed by atoms with E-state index in [2.05, 4.69) is 31.0 Å². The van der Waals surface area contributed by atoms with Gasteiger partial charge in [-0.25, -0.2) is 5.43 Å². The summed E-state index contributed by atoms with van der Waals surface area (Å²) in [5, 5.41) is 4.09. The summed E-state index contributed by atoms with van der Waals surface area (Å²) in [5.41, 5.74) is 6.16. The van der Waals surface area contributed by atoms with Gasteiger partial charge >= 0.3 is 0 Å². The number of hydrogen-bond donors (Lipinski definition) is 1. The molecule has 0 spiro atoms. The molecule has 0 aliphatic heterocycles. The molecule has 0 unspecified atom stereocenters. The maximum atomic E-state index is 12.1. The molecule has 0 aliphatic rings. The molecular formula is C19H16BrN3O. The van der Waals surface area contributed by atoms with E-state index in [4.69, 9.17) is 0 Å². The third kappa shape index (κ3) is 3.63. The minimum absolute atomic E-state index is 0.248. The van der Waals surface area contributed by atoms with Crippen molar-refractivity contribution in [1.29, 1.82) is 0 Å². The Morgan fingerprint density at radius 2 is 1.88 bits per heavy atom. The molecule has 120 valence electrons. The highest BCUT2D eigenvalue weighted by Gasteiger charge is 2.06. The Bertz CT molecular complexity index is 885. The lowest BCUT2D eigenvalue weighted by atomic mass is 10.2. The van der Waals surface area contributed by atoms with Crippen LogP contribution in [0.25, 0.3) is 5.69 Å². The van der Waals surface area contributed by atoms with Crippen molar-refractivity contribution in [2.75, 3.05) is 0 Å². The van der Waals surface area contributed by atoms with Crippen molar-refractivity contribution in [2.45, 2.75) is 6.92 Å². The summed E-state index contributed by atoms with van der Waals surface area (Å²) in [6, 6.07) is 21.2. The molecule has 0 saturated carbocycles. The topological polar surface area (TPSA) is 46.4 Å². The number of halogens is 1. The normalized spacial score (nSPS) is 10.9. The van der Waals surface area contributed by atoms with Crippen LogP contribution in [0, 0.1) is 6.92 Å². The number of nitrogens with one attached hydrogen (secondary N) is 1. The number of nitrogens with zero attached hydrogens (tertiary/aromatic N) is 2. The SMILES string of the molecule is Cc1ccc(/C=N/NC(=O)c2cccc(Br)c2)n1-c1ccccc1. The van der Waals surface area contributed by atoms with Gasteiger partial charge in [0.05, 0.1) is 11.9 Å². The fourth-order valence-electron chi connectivity index (χ4n) is 2.44. The van der Waals surface area contributed by atoms with Gasteiger partial charge in [0.25, 0.3) is 5.91 Å². The number of aryl methyl sites for hydroxylation is 1. The quantitative estimate of drug-likeness (QED) is 0.531. The molecule has 0 fully saturated rings. The summed E-state index contributed by atoms with van der Waals surface area (Å²) in [6.07, 6.45) is 1.65. The number of rotatable bonds is 4. The van der Waals surface area contributed by atoms with E-state index < -0.39 is 0 Å². The van der Waals surface area contributed by atoms with Gasteiger partial charge in [-0.2, -0.15) is 5.10 Å². The largest absolute Gasteiger partial charge is 0.313 e. The van der Waals surface area contributed by atoms with Gasteiger partial charge in [-0.05, 0) is 49.4 Å². The van der Waals surface area contributed by atoms with Crippen molar-refractivity contribution >= 4 is 28.1 Å². The average Bonchev–Trinajstić information content (AvgIpc) is 2.96. The van der Waals surface area contributed by atoms with Crippen LogP contribution in [-0.2, 0) is 0 Å². The van der Waals surface area contributed by atoms with E-state index in [0.29, 0.717) is 5.56 Å². The lowest BCUT2D eigenvalue weighted by Crippen LogP contribution is -2.17. The fraction of sp³-hybridized carbons (Fsp3) is 0.0526. The first-order valence-corrected chi connectivity index (χ1v) is 8.27. The molecule has 4 nitrogen and oxygen atoms in total. The van der Waals surface area contributed by atoms with Crippen LogP contribution in [0.4, 0.5) is 0 Å². The average molecular weight is 382 g/mol. The molecule has 1 heterocycles. The standard InChI is InChI=1S/C19H16BrN3O/c1-14-10-11-18(23(14)17-8-3-2-4-9-17)13-21-22-19(24)15-6-5-7-16(20)12-15/h2-13H,1H3,(H,22,24)/b21-13+. The smallest absolute Gasteiger partial charge is 0.271 e. The monoisotopic (exact) mass is 381 g/mol. The predicted molar refractivity (Wildman–Crippen MR) is 99.7 cm³/mol. The third-order valence-corrected chi connectivity index (χ3v) is 4.06. The molecule has 3 rings (SSSR count). The van der Waals surface area contributed by atoms with E-state index in [1.54, 1.807) is 18.3 Å². The number of aromatic nitrogens is 1. The molecule has 24 heavy (non-hydrogen) atoms.